The number of aryl methyl sites for hydroxylation is 3. The lowest BCUT2D eigenvalue weighted by Crippen LogP contribution is -2.28. The number of benzene rings is 2. The highest BCUT2D eigenvalue weighted by Crippen LogP contribution is 2.18. The number of pyridine rings is 1. The number of fused-ring (bicyclic) bond motifs is 1. The lowest BCUT2D eigenvalue weighted by atomic mass is 10.1. The Hall–Kier alpha value is -3.62. The molecule has 3 heterocycles. The summed E-state index contributed by atoms with van der Waals surface area (Å²) in [7, 11) is 0. The largest absolute Gasteiger partial charge is 0.322 e. The molecule has 0 aliphatic rings. The zero-order valence-electron chi connectivity index (χ0n) is 19.0. The van der Waals surface area contributed by atoms with Crippen LogP contribution < -0.4 is 5.56 Å². The summed E-state index contributed by atoms with van der Waals surface area (Å²) < 4.78 is 1.86. The smallest absolute Gasteiger partial charge is 0.252 e. The topological polar surface area (TPSA) is 79.7 Å². The van der Waals surface area contributed by atoms with Crippen molar-refractivity contribution in [2.24, 2.45) is 0 Å². The van der Waals surface area contributed by atoms with Crippen LogP contribution in [0.25, 0.3) is 10.9 Å². The van der Waals surface area contributed by atoms with Gasteiger partial charge >= 0.3 is 0 Å². The van der Waals surface area contributed by atoms with E-state index in [1.54, 1.807) is 11.3 Å². The average molecular weight is 471 g/mol. The summed E-state index contributed by atoms with van der Waals surface area (Å²) in [6.45, 7) is 4.49. The van der Waals surface area contributed by atoms with E-state index in [0.29, 0.717) is 26.2 Å². The Bertz CT molecular complexity index is 1430. The molecule has 2 aromatic carbocycles. The maximum absolute atomic E-state index is 12.9. The summed E-state index contributed by atoms with van der Waals surface area (Å²) in [6.07, 6.45) is 0.855. The van der Waals surface area contributed by atoms with Gasteiger partial charge in [0.25, 0.3) is 5.56 Å². The predicted molar refractivity (Wildman–Crippen MR) is 135 cm³/mol. The molecular formula is C26H26N6OS. The maximum atomic E-state index is 12.9. The molecule has 172 valence electrons. The van der Waals surface area contributed by atoms with E-state index in [4.69, 9.17) is 0 Å². The molecule has 0 aliphatic heterocycles. The van der Waals surface area contributed by atoms with Gasteiger partial charge in [0, 0.05) is 35.6 Å². The van der Waals surface area contributed by atoms with Crippen molar-refractivity contribution in [3.63, 3.8) is 0 Å². The van der Waals surface area contributed by atoms with Crippen LogP contribution in [-0.4, -0.2) is 30.1 Å². The summed E-state index contributed by atoms with van der Waals surface area (Å²) in [4.78, 5) is 19.4. The minimum atomic E-state index is -0.0575. The van der Waals surface area contributed by atoms with Crippen molar-refractivity contribution < 1.29 is 0 Å². The van der Waals surface area contributed by atoms with Gasteiger partial charge in [0.05, 0.1) is 6.54 Å². The number of tetrazole rings is 1. The Morgan fingerprint density at radius 3 is 2.71 bits per heavy atom. The van der Waals surface area contributed by atoms with E-state index >= 15 is 0 Å². The molecule has 0 bridgehead atoms. The SMILES string of the molecule is Cc1ccc2cc(CN(Cc3cccs3)Cc3nnnn3CCc3ccccc3)c(=O)[nH]c2c1. The molecule has 0 amide bonds. The molecule has 0 unspecified atom stereocenters. The molecule has 34 heavy (non-hydrogen) atoms. The van der Waals surface area contributed by atoms with Crippen LogP contribution in [0.15, 0.2) is 76.9 Å². The molecule has 1 N–H and O–H groups in total. The standard InChI is InChI=1S/C26H26N6OS/c1-19-9-10-21-15-22(26(33)27-24(21)14-19)16-31(17-23-8-5-13-34-23)18-25-28-29-30-32(25)12-11-20-6-3-2-4-7-20/h2-10,13-15H,11-12,16-18H2,1H3,(H,27,33). The second-order valence-corrected chi connectivity index (χ2v) is 9.53. The zero-order chi connectivity index (χ0) is 23.3. The highest BCUT2D eigenvalue weighted by atomic mass is 32.1. The van der Waals surface area contributed by atoms with Gasteiger partial charge in [-0.15, -0.1) is 16.4 Å². The number of thiophene rings is 1. The molecule has 0 saturated heterocycles. The molecule has 5 rings (SSSR count). The molecular weight excluding hydrogens is 444 g/mol. The van der Waals surface area contributed by atoms with Crippen molar-refractivity contribution in [2.45, 2.75) is 39.5 Å². The minimum absolute atomic E-state index is 0.0575. The number of hydrogen-bond acceptors (Lipinski definition) is 6. The Morgan fingerprint density at radius 2 is 1.88 bits per heavy atom. The fraction of sp³-hybridized carbons (Fsp3) is 0.231. The molecule has 5 aromatic rings. The van der Waals surface area contributed by atoms with Gasteiger partial charge in [-0.25, -0.2) is 4.68 Å². The molecule has 0 fully saturated rings. The third-order valence-electron chi connectivity index (χ3n) is 5.86. The number of H-pyrrole nitrogens is 1. The van der Waals surface area contributed by atoms with Gasteiger partial charge in [0.15, 0.2) is 5.82 Å². The second kappa shape index (κ2) is 10.1. The van der Waals surface area contributed by atoms with Gasteiger partial charge in [-0.3, -0.25) is 9.69 Å². The Labute approximate surface area is 201 Å². The van der Waals surface area contributed by atoms with Crippen LogP contribution in [0.2, 0.25) is 0 Å². The van der Waals surface area contributed by atoms with Crippen molar-refractivity contribution >= 4 is 22.2 Å². The molecule has 0 saturated carbocycles. The first-order valence-electron chi connectivity index (χ1n) is 11.3. The predicted octanol–water partition coefficient (Wildman–Crippen LogP) is 4.33. The first-order valence-corrected chi connectivity index (χ1v) is 12.2. The van der Waals surface area contributed by atoms with Crippen LogP contribution in [0, 0.1) is 6.92 Å². The van der Waals surface area contributed by atoms with E-state index in [9.17, 15) is 4.79 Å². The van der Waals surface area contributed by atoms with Crippen LogP contribution >= 0.6 is 11.3 Å². The lowest BCUT2D eigenvalue weighted by Gasteiger charge is -2.21. The van der Waals surface area contributed by atoms with Crippen molar-refractivity contribution in [1.82, 2.24) is 30.1 Å². The molecule has 3 aromatic heterocycles. The normalized spacial score (nSPS) is 11.5. The number of aromatic amines is 1. The number of nitrogens with zero attached hydrogens (tertiary/aromatic N) is 5. The number of aromatic nitrogens is 5. The average Bonchev–Trinajstić information content (AvgIpc) is 3.51. The van der Waals surface area contributed by atoms with E-state index in [-0.39, 0.29) is 5.56 Å². The van der Waals surface area contributed by atoms with Crippen LogP contribution in [0.1, 0.15) is 27.4 Å². The highest BCUT2D eigenvalue weighted by Gasteiger charge is 2.16. The van der Waals surface area contributed by atoms with Crippen molar-refractivity contribution in [2.75, 3.05) is 0 Å². The summed E-state index contributed by atoms with van der Waals surface area (Å²) in [6, 6.07) is 22.6. The summed E-state index contributed by atoms with van der Waals surface area (Å²) in [5, 5.41) is 15.6. The van der Waals surface area contributed by atoms with Crippen LogP contribution in [0.3, 0.4) is 0 Å². The van der Waals surface area contributed by atoms with Crippen LogP contribution in [-0.2, 0) is 32.6 Å². The van der Waals surface area contributed by atoms with Crippen molar-refractivity contribution in [3.8, 4) is 0 Å². The van der Waals surface area contributed by atoms with E-state index in [1.807, 2.05) is 48.0 Å². The highest BCUT2D eigenvalue weighted by molar-refractivity contribution is 7.09. The van der Waals surface area contributed by atoms with Gasteiger partial charge < -0.3 is 4.98 Å². The first-order chi connectivity index (χ1) is 16.6. The van der Waals surface area contributed by atoms with E-state index in [1.165, 1.54) is 10.4 Å². The summed E-state index contributed by atoms with van der Waals surface area (Å²) in [5.74, 6) is 0.792. The second-order valence-electron chi connectivity index (χ2n) is 8.49. The quantitative estimate of drug-likeness (QED) is 0.347. The Balaban J connectivity index is 1.38. The molecule has 0 radical (unpaired) electrons. The molecule has 7 nitrogen and oxygen atoms in total. The maximum Gasteiger partial charge on any atom is 0.252 e. The third kappa shape index (κ3) is 5.30. The monoisotopic (exact) mass is 470 g/mol. The summed E-state index contributed by atoms with van der Waals surface area (Å²) >= 11 is 1.71. The van der Waals surface area contributed by atoms with E-state index in [0.717, 1.165) is 34.3 Å². The lowest BCUT2D eigenvalue weighted by molar-refractivity contribution is 0.237. The number of hydrogen-bond donors (Lipinski definition) is 1. The third-order valence-corrected chi connectivity index (χ3v) is 6.72. The number of nitrogens with one attached hydrogen (secondary N) is 1. The number of rotatable bonds is 9. The fourth-order valence-electron chi connectivity index (χ4n) is 4.10. The van der Waals surface area contributed by atoms with Gasteiger partial charge in [-0.1, -0.05) is 48.5 Å². The molecule has 0 spiro atoms. The Kier molecular flexibility index (Phi) is 6.60. The van der Waals surface area contributed by atoms with Crippen LogP contribution in [0.5, 0.6) is 0 Å². The molecule has 8 heteroatoms. The van der Waals surface area contributed by atoms with Crippen molar-refractivity contribution in [3.05, 3.63) is 110 Å². The summed E-state index contributed by atoms with van der Waals surface area (Å²) in [5.41, 5.74) is 3.91. The molecule has 0 aliphatic carbocycles. The zero-order valence-corrected chi connectivity index (χ0v) is 19.8. The molecule has 0 atom stereocenters. The fourth-order valence-corrected chi connectivity index (χ4v) is 4.85. The van der Waals surface area contributed by atoms with Crippen LogP contribution in [0.4, 0.5) is 0 Å². The van der Waals surface area contributed by atoms with Gasteiger partial charge in [0.2, 0.25) is 0 Å². The van der Waals surface area contributed by atoms with Gasteiger partial charge in [0.1, 0.15) is 0 Å². The van der Waals surface area contributed by atoms with Gasteiger partial charge in [-0.05, 0) is 63.9 Å². The van der Waals surface area contributed by atoms with Gasteiger partial charge in [-0.2, -0.15) is 0 Å². The van der Waals surface area contributed by atoms with Crippen molar-refractivity contribution in [1.29, 1.82) is 0 Å². The van der Waals surface area contributed by atoms with E-state index in [2.05, 4.69) is 61.1 Å². The first kappa shape index (κ1) is 22.2. The van der Waals surface area contributed by atoms with E-state index < -0.39 is 0 Å². The minimum Gasteiger partial charge on any atom is -0.322 e. The Morgan fingerprint density at radius 1 is 1.00 bits per heavy atom.